The number of hydrogen-bond acceptors (Lipinski definition) is 4. The minimum Gasteiger partial charge on any atom is -0.492 e. The van der Waals surface area contributed by atoms with Crippen molar-refractivity contribution in [1.29, 1.82) is 0 Å². The van der Waals surface area contributed by atoms with Gasteiger partial charge in [0.1, 0.15) is 17.6 Å². The molecule has 2 rings (SSSR count). The maximum atomic E-state index is 12.0. The van der Waals surface area contributed by atoms with E-state index < -0.39 is 6.04 Å². The summed E-state index contributed by atoms with van der Waals surface area (Å²) < 4.78 is 11.3. The fourth-order valence-corrected chi connectivity index (χ4v) is 2.26. The molecule has 0 aromatic heterocycles. The number of benzene rings is 1. The van der Waals surface area contributed by atoms with Crippen molar-refractivity contribution in [1.82, 2.24) is 0 Å². The van der Waals surface area contributed by atoms with Gasteiger partial charge in [-0.15, -0.1) is 12.3 Å². The number of carbonyl (C=O) groups is 1. The van der Waals surface area contributed by atoms with E-state index in [0.717, 1.165) is 17.7 Å². The number of nitrogens with two attached hydrogens (primary N) is 1. The lowest BCUT2D eigenvalue weighted by atomic mass is 10.1. The van der Waals surface area contributed by atoms with E-state index in [1.807, 2.05) is 19.9 Å². The first kappa shape index (κ1) is 15.2. The minimum atomic E-state index is -0.738. The van der Waals surface area contributed by atoms with Crippen LogP contribution in [0.3, 0.4) is 0 Å². The fourth-order valence-electron chi connectivity index (χ4n) is 2.26. The molecule has 0 saturated heterocycles. The van der Waals surface area contributed by atoms with Gasteiger partial charge < -0.3 is 20.5 Å². The molecule has 0 saturated carbocycles. The quantitative estimate of drug-likeness (QED) is 0.809. The number of terminal acetylenes is 1. The Labute approximate surface area is 124 Å². The zero-order valence-corrected chi connectivity index (χ0v) is 12.3. The standard InChI is InChI=1S/C16H20N2O3/c1-4-6-12(17)16(19)18-13-9-14-11(7-10(3)21-14)8-15(13)20-5-2/h1,8-10,12H,5-7,17H2,2-3H3,(H,18,19). The van der Waals surface area contributed by atoms with Crippen LogP contribution in [0, 0.1) is 12.3 Å². The number of carbonyl (C=O) groups excluding carboxylic acids is 1. The van der Waals surface area contributed by atoms with Crippen LogP contribution in [0.4, 0.5) is 5.69 Å². The van der Waals surface area contributed by atoms with Crippen LogP contribution in [0.15, 0.2) is 12.1 Å². The molecule has 1 aromatic carbocycles. The van der Waals surface area contributed by atoms with E-state index >= 15 is 0 Å². The second-order valence-electron chi connectivity index (χ2n) is 5.03. The highest BCUT2D eigenvalue weighted by molar-refractivity contribution is 5.96. The Kier molecular flexibility index (Phi) is 4.71. The van der Waals surface area contributed by atoms with E-state index in [1.165, 1.54) is 0 Å². The number of hydrogen-bond donors (Lipinski definition) is 2. The average Bonchev–Trinajstić information content (AvgIpc) is 2.78. The topological polar surface area (TPSA) is 73.6 Å². The molecular weight excluding hydrogens is 268 g/mol. The molecule has 1 heterocycles. The zero-order valence-electron chi connectivity index (χ0n) is 12.3. The molecule has 0 radical (unpaired) electrons. The zero-order chi connectivity index (χ0) is 15.4. The smallest absolute Gasteiger partial charge is 0.242 e. The molecule has 1 aromatic rings. The molecule has 2 atom stereocenters. The Balaban J connectivity index is 2.24. The van der Waals surface area contributed by atoms with Crippen molar-refractivity contribution in [2.24, 2.45) is 5.73 Å². The molecule has 1 aliphatic heterocycles. The van der Waals surface area contributed by atoms with Crippen molar-refractivity contribution in [2.45, 2.75) is 38.8 Å². The average molecular weight is 288 g/mol. The highest BCUT2D eigenvalue weighted by Crippen LogP contribution is 2.38. The second kappa shape index (κ2) is 6.51. The van der Waals surface area contributed by atoms with Crippen LogP contribution in [0.1, 0.15) is 25.8 Å². The largest absolute Gasteiger partial charge is 0.492 e. The minimum absolute atomic E-state index is 0.129. The van der Waals surface area contributed by atoms with Crippen LogP contribution in [0.2, 0.25) is 0 Å². The van der Waals surface area contributed by atoms with Crippen LogP contribution in [-0.4, -0.2) is 24.7 Å². The maximum Gasteiger partial charge on any atom is 0.242 e. The third kappa shape index (κ3) is 3.47. The summed E-state index contributed by atoms with van der Waals surface area (Å²) in [7, 11) is 0. The summed E-state index contributed by atoms with van der Waals surface area (Å²) >= 11 is 0. The molecule has 0 bridgehead atoms. The van der Waals surface area contributed by atoms with Gasteiger partial charge in [0.15, 0.2) is 0 Å². The maximum absolute atomic E-state index is 12.0. The molecule has 2 unspecified atom stereocenters. The van der Waals surface area contributed by atoms with Crippen molar-refractivity contribution in [2.75, 3.05) is 11.9 Å². The van der Waals surface area contributed by atoms with Gasteiger partial charge in [0.05, 0.1) is 18.3 Å². The lowest BCUT2D eigenvalue weighted by Crippen LogP contribution is -2.35. The highest BCUT2D eigenvalue weighted by Gasteiger charge is 2.23. The first-order chi connectivity index (χ1) is 10.0. The number of nitrogens with one attached hydrogen (secondary N) is 1. The fraction of sp³-hybridized carbons (Fsp3) is 0.438. The van der Waals surface area contributed by atoms with Crippen molar-refractivity contribution in [3.63, 3.8) is 0 Å². The van der Waals surface area contributed by atoms with E-state index in [9.17, 15) is 4.79 Å². The first-order valence-electron chi connectivity index (χ1n) is 7.01. The van der Waals surface area contributed by atoms with E-state index in [0.29, 0.717) is 18.0 Å². The lowest BCUT2D eigenvalue weighted by molar-refractivity contribution is -0.117. The van der Waals surface area contributed by atoms with Gasteiger partial charge in [0, 0.05) is 24.5 Å². The van der Waals surface area contributed by atoms with Gasteiger partial charge in [-0.2, -0.15) is 0 Å². The Bertz CT molecular complexity index is 578. The lowest BCUT2D eigenvalue weighted by Gasteiger charge is -2.15. The Morgan fingerprint density at radius 1 is 1.67 bits per heavy atom. The van der Waals surface area contributed by atoms with Crippen LogP contribution in [-0.2, 0) is 11.2 Å². The van der Waals surface area contributed by atoms with Crippen LogP contribution >= 0.6 is 0 Å². The van der Waals surface area contributed by atoms with Gasteiger partial charge in [-0.3, -0.25) is 4.79 Å². The van der Waals surface area contributed by atoms with Crippen molar-refractivity contribution >= 4 is 11.6 Å². The highest BCUT2D eigenvalue weighted by atomic mass is 16.5. The molecule has 3 N–H and O–H groups in total. The molecule has 5 nitrogen and oxygen atoms in total. The summed E-state index contributed by atoms with van der Waals surface area (Å²) in [6.07, 6.45) is 6.32. The summed E-state index contributed by atoms with van der Waals surface area (Å²) in [5.74, 6) is 3.44. The number of amides is 1. The number of anilines is 1. The van der Waals surface area contributed by atoms with Gasteiger partial charge in [0.2, 0.25) is 5.91 Å². The molecule has 21 heavy (non-hydrogen) atoms. The van der Waals surface area contributed by atoms with Crippen LogP contribution in [0.5, 0.6) is 11.5 Å². The molecular formula is C16H20N2O3. The Morgan fingerprint density at radius 3 is 3.10 bits per heavy atom. The number of ether oxygens (including phenoxy) is 2. The summed E-state index contributed by atoms with van der Waals surface area (Å²) in [6.45, 7) is 4.40. The molecule has 0 fully saturated rings. The van der Waals surface area contributed by atoms with Gasteiger partial charge >= 0.3 is 0 Å². The summed E-state index contributed by atoms with van der Waals surface area (Å²) in [6, 6.07) is 2.95. The molecule has 0 aliphatic carbocycles. The van der Waals surface area contributed by atoms with Gasteiger partial charge in [0.25, 0.3) is 0 Å². The van der Waals surface area contributed by atoms with E-state index in [-0.39, 0.29) is 18.4 Å². The van der Waals surface area contributed by atoms with Crippen molar-refractivity contribution in [3.8, 4) is 23.8 Å². The number of rotatable bonds is 5. The second-order valence-corrected chi connectivity index (χ2v) is 5.03. The van der Waals surface area contributed by atoms with Crippen LogP contribution in [0.25, 0.3) is 0 Å². The van der Waals surface area contributed by atoms with Crippen molar-refractivity contribution < 1.29 is 14.3 Å². The Hall–Kier alpha value is -2.19. The van der Waals surface area contributed by atoms with E-state index in [1.54, 1.807) is 6.07 Å². The van der Waals surface area contributed by atoms with Gasteiger partial charge in [-0.05, 0) is 19.9 Å². The van der Waals surface area contributed by atoms with E-state index in [4.69, 9.17) is 21.6 Å². The monoisotopic (exact) mass is 288 g/mol. The molecule has 0 spiro atoms. The molecule has 1 amide bonds. The summed E-state index contributed by atoms with van der Waals surface area (Å²) in [5, 5.41) is 2.76. The summed E-state index contributed by atoms with van der Waals surface area (Å²) in [5.41, 5.74) is 7.35. The third-order valence-electron chi connectivity index (χ3n) is 3.23. The molecule has 112 valence electrons. The molecule has 1 aliphatic rings. The Morgan fingerprint density at radius 2 is 2.43 bits per heavy atom. The first-order valence-corrected chi connectivity index (χ1v) is 7.01. The van der Waals surface area contributed by atoms with Gasteiger partial charge in [-0.1, -0.05) is 0 Å². The SMILES string of the molecule is C#CCC(N)C(=O)Nc1cc2c(cc1OCC)CC(C)O2. The summed E-state index contributed by atoms with van der Waals surface area (Å²) in [4.78, 5) is 12.0. The number of fused-ring (bicyclic) bond motifs is 1. The normalized spacial score (nSPS) is 17.3. The van der Waals surface area contributed by atoms with Crippen LogP contribution < -0.4 is 20.5 Å². The third-order valence-corrected chi connectivity index (χ3v) is 3.23. The molecule has 5 heteroatoms. The van der Waals surface area contributed by atoms with E-state index in [2.05, 4.69) is 11.2 Å². The predicted octanol–water partition coefficient (Wildman–Crippen LogP) is 1.70. The van der Waals surface area contributed by atoms with Gasteiger partial charge in [-0.25, -0.2) is 0 Å². The predicted molar refractivity (Wildman–Crippen MR) is 81.5 cm³/mol. The van der Waals surface area contributed by atoms with Crippen molar-refractivity contribution in [3.05, 3.63) is 17.7 Å².